The van der Waals surface area contributed by atoms with Crippen molar-refractivity contribution in [3.63, 3.8) is 0 Å². The fourth-order valence-electron chi connectivity index (χ4n) is 3.99. The molecule has 1 amide bonds. The number of carbonyl (C=O) groups excluding carboxylic acids is 1. The molecule has 1 fully saturated rings. The molecule has 166 valence electrons. The average molecular weight is 451 g/mol. The third-order valence-corrected chi connectivity index (χ3v) is 6.09. The number of hydrogen-bond donors (Lipinski definition) is 1. The van der Waals surface area contributed by atoms with Crippen LogP contribution in [0.5, 0.6) is 0 Å². The molecule has 6 nitrogen and oxygen atoms in total. The first kappa shape index (κ1) is 22.1. The Morgan fingerprint density at radius 2 is 1.91 bits per heavy atom. The highest BCUT2D eigenvalue weighted by molar-refractivity contribution is 6.30. The largest absolute Gasteiger partial charge is 0.354 e. The summed E-state index contributed by atoms with van der Waals surface area (Å²) in [7, 11) is 0. The normalized spacial score (nSPS) is 16.1. The van der Waals surface area contributed by atoms with Crippen molar-refractivity contribution in [1.82, 2.24) is 15.1 Å². The molecular weight excluding hydrogens is 424 g/mol. The summed E-state index contributed by atoms with van der Waals surface area (Å²) in [6, 6.07) is 18.6. The molecule has 0 unspecified atom stereocenters. The zero-order chi connectivity index (χ0) is 22.5. The summed E-state index contributed by atoms with van der Waals surface area (Å²) < 4.78 is 1.35. The summed E-state index contributed by atoms with van der Waals surface area (Å²) in [5.74, 6) is 0.613. The molecule has 32 heavy (non-hydrogen) atoms. The summed E-state index contributed by atoms with van der Waals surface area (Å²) in [6.07, 6.45) is 2.73. The van der Waals surface area contributed by atoms with Crippen LogP contribution >= 0.6 is 11.6 Å². The zero-order valence-electron chi connectivity index (χ0n) is 18.1. The number of nitrogens with one attached hydrogen (secondary N) is 1. The van der Waals surface area contributed by atoms with Gasteiger partial charge in [-0.25, -0.2) is 0 Å². The molecule has 1 aliphatic heterocycles. The van der Waals surface area contributed by atoms with Gasteiger partial charge in [0.05, 0.1) is 11.6 Å². The lowest BCUT2D eigenvalue weighted by Crippen LogP contribution is -2.43. The molecule has 0 bridgehead atoms. The maximum atomic E-state index is 12.8. The first-order chi connectivity index (χ1) is 15.5. The summed E-state index contributed by atoms with van der Waals surface area (Å²) in [4.78, 5) is 27.3. The van der Waals surface area contributed by atoms with E-state index in [2.05, 4.69) is 46.5 Å². The van der Waals surface area contributed by atoms with Gasteiger partial charge in [0.15, 0.2) is 0 Å². The quantitative estimate of drug-likeness (QED) is 0.616. The van der Waals surface area contributed by atoms with Gasteiger partial charge in [0.25, 0.3) is 5.56 Å². The van der Waals surface area contributed by atoms with Crippen molar-refractivity contribution in [2.24, 2.45) is 5.92 Å². The monoisotopic (exact) mass is 450 g/mol. The Labute approximate surface area is 192 Å². The predicted molar refractivity (Wildman–Crippen MR) is 127 cm³/mol. The third kappa shape index (κ3) is 5.19. The van der Waals surface area contributed by atoms with Gasteiger partial charge in [-0.1, -0.05) is 48.9 Å². The minimum atomic E-state index is -0.226. The summed E-state index contributed by atoms with van der Waals surface area (Å²) in [6.45, 7) is 4.02. The zero-order valence-corrected chi connectivity index (χ0v) is 18.9. The minimum Gasteiger partial charge on any atom is -0.354 e. The third-order valence-electron chi connectivity index (χ3n) is 5.85. The number of aromatic nitrogens is 2. The maximum absolute atomic E-state index is 12.8. The number of aryl methyl sites for hydroxylation is 1. The van der Waals surface area contributed by atoms with E-state index in [1.807, 2.05) is 0 Å². The predicted octanol–water partition coefficient (Wildman–Crippen LogP) is 3.98. The molecule has 7 heteroatoms. The van der Waals surface area contributed by atoms with E-state index in [4.69, 9.17) is 11.6 Å². The van der Waals surface area contributed by atoms with E-state index in [0.29, 0.717) is 29.6 Å². The van der Waals surface area contributed by atoms with Gasteiger partial charge in [-0.3, -0.25) is 9.59 Å². The highest BCUT2D eigenvalue weighted by atomic mass is 35.5. The Morgan fingerprint density at radius 1 is 1.12 bits per heavy atom. The van der Waals surface area contributed by atoms with Gasteiger partial charge in [0.1, 0.15) is 5.82 Å². The number of piperidine rings is 1. The number of amides is 1. The molecule has 4 rings (SSSR count). The molecule has 3 aromatic rings. The summed E-state index contributed by atoms with van der Waals surface area (Å²) >= 11 is 6.08. The number of anilines is 1. The number of carbonyl (C=O) groups is 1. The van der Waals surface area contributed by atoms with Crippen molar-refractivity contribution in [2.75, 3.05) is 18.0 Å². The number of rotatable bonds is 6. The highest BCUT2D eigenvalue weighted by Gasteiger charge is 2.26. The van der Waals surface area contributed by atoms with Crippen LogP contribution in [0, 0.1) is 5.92 Å². The number of benzene rings is 2. The Morgan fingerprint density at radius 3 is 2.66 bits per heavy atom. The Hall–Kier alpha value is -3.12. The van der Waals surface area contributed by atoms with Gasteiger partial charge in [0.2, 0.25) is 5.91 Å². The molecule has 0 saturated carbocycles. The van der Waals surface area contributed by atoms with Crippen LogP contribution in [-0.4, -0.2) is 28.8 Å². The molecule has 1 atom stereocenters. The van der Waals surface area contributed by atoms with E-state index >= 15 is 0 Å². The molecule has 0 aliphatic carbocycles. The lowest BCUT2D eigenvalue weighted by Gasteiger charge is -2.33. The first-order valence-electron chi connectivity index (χ1n) is 11.0. The fraction of sp³-hybridized carbons (Fsp3) is 0.320. The highest BCUT2D eigenvalue weighted by Crippen LogP contribution is 2.22. The van der Waals surface area contributed by atoms with Crippen LogP contribution in [0.15, 0.2) is 65.5 Å². The van der Waals surface area contributed by atoms with Gasteiger partial charge in [-0.05, 0) is 54.7 Å². The van der Waals surface area contributed by atoms with Crippen LogP contribution in [0.3, 0.4) is 0 Å². The second kappa shape index (κ2) is 10.0. The Balaban J connectivity index is 1.43. The Kier molecular flexibility index (Phi) is 6.90. The topological polar surface area (TPSA) is 67.2 Å². The lowest BCUT2D eigenvalue weighted by atomic mass is 9.97. The van der Waals surface area contributed by atoms with Gasteiger partial charge < -0.3 is 10.2 Å². The maximum Gasteiger partial charge on any atom is 0.271 e. The van der Waals surface area contributed by atoms with Crippen molar-refractivity contribution in [2.45, 2.75) is 32.7 Å². The summed E-state index contributed by atoms with van der Waals surface area (Å²) in [5, 5.41) is 8.17. The molecule has 0 spiro atoms. The summed E-state index contributed by atoms with van der Waals surface area (Å²) in [5.41, 5.74) is 2.77. The number of nitrogens with zero attached hydrogens (tertiary/aromatic N) is 3. The molecule has 0 radical (unpaired) electrons. The van der Waals surface area contributed by atoms with Crippen molar-refractivity contribution >= 4 is 23.3 Å². The molecule has 1 N–H and O–H groups in total. The van der Waals surface area contributed by atoms with Crippen LogP contribution < -0.4 is 15.8 Å². The van der Waals surface area contributed by atoms with Crippen molar-refractivity contribution in [1.29, 1.82) is 0 Å². The Bertz CT molecular complexity index is 1140. The lowest BCUT2D eigenvalue weighted by molar-refractivity contribution is -0.125. The van der Waals surface area contributed by atoms with Crippen LogP contribution in [0.1, 0.15) is 30.9 Å². The molecule has 2 heterocycles. The first-order valence-corrected chi connectivity index (χ1v) is 11.4. The molecule has 1 aliphatic rings. The molecule has 1 aromatic heterocycles. The molecular formula is C25H27ClN4O2. The smallest absolute Gasteiger partial charge is 0.271 e. The second-order valence-electron chi connectivity index (χ2n) is 8.09. The fourth-order valence-corrected chi connectivity index (χ4v) is 4.17. The van der Waals surface area contributed by atoms with E-state index in [9.17, 15) is 9.59 Å². The minimum absolute atomic E-state index is 0.0532. The van der Waals surface area contributed by atoms with E-state index in [0.717, 1.165) is 31.4 Å². The van der Waals surface area contributed by atoms with Gasteiger partial charge in [0, 0.05) is 30.7 Å². The molecule has 1 saturated heterocycles. The van der Waals surface area contributed by atoms with E-state index in [1.165, 1.54) is 16.3 Å². The van der Waals surface area contributed by atoms with Gasteiger partial charge in [-0.15, -0.1) is 5.10 Å². The van der Waals surface area contributed by atoms with Gasteiger partial charge >= 0.3 is 0 Å². The van der Waals surface area contributed by atoms with E-state index in [-0.39, 0.29) is 17.4 Å². The number of hydrogen-bond acceptors (Lipinski definition) is 4. The van der Waals surface area contributed by atoms with E-state index < -0.39 is 0 Å². The SMILES string of the molecule is CCc1ccc(CNC(=O)[C@H]2CCCN(c3ccc(=O)n(-c4cccc(Cl)c4)n3)C2)cc1. The molecule has 2 aromatic carbocycles. The van der Waals surface area contributed by atoms with Crippen LogP contribution in [-0.2, 0) is 17.8 Å². The van der Waals surface area contributed by atoms with Crippen molar-refractivity contribution < 1.29 is 4.79 Å². The van der Waals surface area contributed by atoms with Crippen LogP contribution in [0.4, 0.5) is 5.82 Å². The number of halogens is 1. The van der Waals surface area contributed by atoms with Crippen LogP contribution in [0.2, 0.25) is 5.02 Å². The van der Waals surface area contributed by atoms with E-state index in [1.54, 1.807) is 30.3 Å². The van der Waals surface area contributed by atoms with Crippen LogP contribution in [0.25, 0.3) is 5.69 Å². The van der Waals surface area contributed by atoms with Gasteiger partial charge in [-0.2, -0.15) is 4.68 Å². The van der Waals surface area contributed by atoms with Crippen molar-refractivity contribution in [3.8, 4) is 5.69 Å². The average Bonchev–Trinajstić information content (AvgIpc) is 2.83. The standard InChI is InChI=1S/C25H27ClN4O2/c1-2-18-8-10-19(11-9-18)16-27-25(32)20-5-4-14-29(17-20)23-12-13-24(31)30(28-23)22-7-3-6-21(26)15-22/h3,6-13,15,20H,2,4-5,14,16-17H2,1H3,(H,27,32)/t20-/m0/s1. The second-order valence-corrected chi connectivity index (χ2v) is 8.53. The van der Waals surface area contributed by atoms with Crippen molar-refractivity contribution in [3.05, 3.63) is 87.2 Å².